The second kappa shape index (κ2) is 7.73. The van der Waals surface area contributed by atoms with E-state index in [1.807, 2.05) is 62.4 Å². The van der Waals surface area contributed by atoms with Crippen molar-refractivity contribution in [1.82, 2.24) is 4.90 Å². The molecule has 0 saturated carbocycles. The van der Waals surface area contributed by atoms with Gasteiger partial charge in [0, 0.05) is 0 Å². The lowest BCUT2D eigenvalue weighted by Gasteiger charge is -2.12. The third-order valence-electron chi connectivity index (χ3n) is 2.32. The van der Waals surface area contributed by atoms with Gasteiger partial charge in [0.05, 0.1) is 7.85 Å². The summed E-state index contributed by atoms with van der Waals surface area (Å²) in [6, 6.07) is 20.3. The summed E-state index contributed by atoms with van der Waals surface area (Å²) in [6.07, 6.45) is 0. The van der Waals surface area contributed by atoms with Gasteiger partial charge >= 0.3 is 0 Å². The number of hydrogen-bond donors (Lipinski definition) is 0. The van der Waals surface area contributed by atoms with Gasteiger partial charge < -0.3 is 4.90 Å². The predicted molar refractivity (Wildman–Crippen MR) is 80.1 cm³/mol. The van der Waals surface area contributed by atoms with Crippen molar-refractivity contribution in [1.29, 1.82) is 0 Å². The average molecular weight is 237 g/mol. The van der Waals surface area contributed by atoms with E-state index in [0.29, 0.717) is 0 Å². The Morgan fingerprint density at radius 1 is 0.722 bits per heavy atom. The largest absolute Gasteiger partial charge is 0.312 e. The quantitative estimate of drug-likeness (QED) is 0.725. The van der Waals surface area contributed by atoms with Gasteiger partial charge in [-0.25, -0.2) is 0 Å². The zero-order valence-electron chi connectivity index (χ0n) is 11.4. The summed E-state index contributed by atoms with van der Waals surface area (Å²) in [7, 11) is 12.1. The minimum Gasteiger partial charge on any atom is -0.312 e. The zero-order valence-corrected chi connectivity index (χ0v) is 11.4. The molecule has 0 N–H and O–H groups in total. The monoisotopic (exact) mass is 237 g/mol. The minimum atomic E-state index is -0.0163. The maximum Gasteiger partial charge on any atom is 0.0828 e. The predicted octanol–water partition coefficient (Wildman–Crippen LogP) is 3.12. The minimum absolute atomic E-state index is 0.0163. The van der Waals surface area contributed by atoms with E-state index >= 15 is 0 Å². The highest BCUT2D eigenvalue weighted by Gasteiger charge is 2.05. The third kappa shape index (κ3) is 5.20. The topological polar surface area (TPSA) is 3.24 Å². The van der Waals surface area contributed by atoms with Crippen LogP contribution >= 0.6 is 0 Å². The molecule has 0 unspecified atom stereocenters. The molecule has 0 fully saturated rings. The highest BCUT2D eigenvalue weighted by Crippen LogP contribution is 2.20. The van der Waals surface area contributed by atoms with Crippen LogP contribution in [0.2, 0.25) is 0 Å². The van der Waals surface area contributed by atoms with Gasteiger partial charge in [0.25, 0.3) is 0 Å². The number of benzene rings is 2. The van der Waals surface area contributed by atoms with Crippen LogP contribution in [-0.2, 0) is 0 Å². The summed E-state index contributed by atoms with van der Waals surface area (Å²) < 4.78 is 0. The van der Waals surface area contributed by atoms with E-state index in [1.165, 1.54) is 0 Å². The molecule has 0 aliphatic heterocycles. The summed E-state index contributed by atoms with van der Waals surface area (Å²) in [5.41, 5.74) is 2.30. The fraction of sp³-hybridized carbons (Fsp3) is 0.250. The maximum absolute atomic E-state index is 6.12. The molecule has 0 aliphatic carbocycles. The first kappa shape index (κ1) is 14.5. The van der Waals surface area contributed by atoms with Crippen molar-refractivity contribution >= 4 is 7.85 Å². The van der Waals surface area contributed by atoms with Crippen LogP contribution in [-0.4, -0.2) is 33.9 Å². The SMILES string of the molecule is CN(C)C.[B]C(c1ccccc1)c1ccccc1. The molecular weight excluding hydrogens is 217 g/mol. The first-order valence-electron chi connectivity index (χ1n) is 6.07. The van der Waals surface area contributed by atoms with Gasteiger partial charge in [-0.05, 0) is 38.1 Å². The van der Waals surface area contributed by atoms with Gasteiger partial charge in [-0.15, -0.1) is 0 Å². The van der Waals surface area contributed by atoms with Crippen LogP contribution in [0.4, 0.5) is 0 Å². The van der Waals surface area contributed by atoms with Crippen LogP contribution < -0.4 is 0 Å². The van der Waals surface area contributed by atoms with Gasteiger partial charge in [0.2, 0.25) is 0 Å². The van der Waals surface area contributed by atoms with Gasteiger partial charge in [0.1, 0.15) is 0 Å². The van der Waals surface area contributed by atoms with Crippen LogP contribution in [0.5, 0.6) is 0 Å². The van der Waals surface area contributed by atoms with Crippen LogP contribution in [0.1, 0.15) is 16.9 Å². The molecule has 18 heavy (non-hydrogen) atoms. The van der Waals surface area contributed by atoms with E-state index in [4.69, 9.17) is 7.85 Å². The molecule has 0 atom stereocenters. The molecule has 0 amide bonds. The summed E-state index contributed by atoms with van der Waals surface area (Å²) >= 11 is 0. The van der Waals surface area contributed by atoms with Gasteiger partial charge in [-0.2, -0.15) is 0 Å². The first-order chi connectivity index (χ1) is 8.61. The Morgan fingerprint density at radius 3 is 1.28 bits per heavy atom. The Balaban J connectivity index is 0.000000357. The van der Waals surface area contributed by atoms with E-state index in [2.05, 4.69) is 24.3 Å². The molecule has 2 aromatic rings. The van der Waals surface area contributed by atoms with Crippen molar-refractivity contribution in [3.8, 4) is 0 Å². The van der Waals surface area contributed by atoms with Crippen molar-refractivity contribution in [2.24, 2.45) is 0 Å². The molecule has 0 bridgehead atoms. The summed E-state index contributed by atoms with van der Waals surface area (Å²) in [6.45, 7) is 0. The Labute approximate surface area is 112 Å². The summed E-state index contributed by atoms with van der Waals surface area (Å²) in [4.78, 5) is 2.00. The second-order valence-corrected chi connectivity index (χ2v) is 4.64. The molecule has 92 valence electrons. The number of hydrogen-bond acceptors (Lipinski definition) is 1. The molecule has 2 radical (unpaired) electrons. The zero-order chi connectivity index (χ0) is 13.4. The Kier molecular flexibility index (Phi) is 6.23. The van der Waals surface area contributed by atoms with Gasteiger partial charge in [0.15, 0.2) is 0 Å². The highest BCUT2D eigenvalue weighted by atomic mass is 15.0. The number of nitrogens with zero attached hydrogens (tertiary/aromatic N) is 1. The first-order valence-corrected chi connectivity index (χ1v) is 6.07. The molecule has 0 heterocycles. The van der Waals surface area contributed by atoms with Gasteiger partial charge in [-0.1, -0.05) is 60.7 Å². The standard InChI is InChI=1S/C13H11B.C3H9N/c14-13(11-7-3-1-4-8-11)12-9-5-2-6-10-12;1-4(2)3/h1-10,13H;1-3H3. The van der Waals surface area contributed by atoms with Crippen LogP contribution in [0.25, 0.3) is 0 Å². The summed E-state index contributed by atoms with van der Waals surface area (Å²) in [5, 5.41) is 0. The molecular formula is C16H20BN. The van der Waals surface area contributed by atoms with Gasteiger partial charge in [-0.3, -0.25) is 0 Å². The molecule has 2 aromatic carbocycles. The second-order valence-electron chi connectivity index (χ2n) is 4.64. The van der Waals surface area contributed by atoms with Crippen molar-refractivity contribution in [2.45, 2.75) is 5.82 Å². The molecule has 2 rings (SSSR count). The van der Waals surface area contributed by atoms with Crippen LogP contribution in [0.3, 0.4) is 0 Å². The van der Waals surface area contributed by atoms with Crippen molar-refractivity contribution < 1.29 is 0 Å². The van der Waals surface area contributed by atoms with E-state index in [0.717, 1.165) is 11.1 Å². The van der Waals surface area contributed by atoms with Crippen molar-refractivity contribution in [3.05, 3.63) is 71.8 Å². The highest BCUT2D eigenvalue weighted by molar-refractivity contribution is 6.14. The van der Waals surface area contributed by atoms with Crippen LogP contribution in [0.15, 0.2) is 60.7 Å². The Bertz CT molecular complexity index is 383. The lowest BCUT2D eigenvalue weighted by Crippen LogP contribution is -1.99. The summed E-state index contributed by atoms with van der Waals surface area (Å²) in [5.74, 6) is -0.0163. The van der Waals surface area contributed by atoms with Crippen molar-refractivity contribution in [3.63, 3.8) is 0 Å². The van der Waals surface area contributed by atoms with Crippen LogP contribution in [0, 0.1) is 0 Å². The maximum atomic E-state index is 6.12. The molecule has 0 saturated heterocycles. The molecule has 0 spiro atoms. The smallest absolute Gasteiger partial charge is 0.0828 e. The fourth-order valence-corrected chi connectivity index (χ4v) is 1.51. The lowest BCUT2D eigenvalue weighted by molar-refractivity contribution is 0.505. The average Bonchev–Trinajstić information content (AvgIpc) is 2.39. The normalized spacial score (nSPS) is 10.1. The molecule has 0 aliphatic rings. The molecule has 2 heteroatoms. The molecule has 0 aromatic heterocycles. The van der Waals surface area contributed by atoms with E-state index in [9.17, 15) is 0 Å². The lowest BCUT2D eigenvalue weighted by atomic mass is 9.76. The van der Waals surface area contributed by atoms with E-state index in [-0.39, 0.29) is 5.82 Å². The van der Waals surface area contributed by atoms with Crippen molar-refractivity contribution in [2.75, 3.05) is 21.1 Å². The third-order valence-corrected chi connectivity index (χ3v) is 2.32. The number of rotatable bonds is 2. The molecule has 1 nitrogen and oxygen atoms in total. The van der Waals surface area contributed by atoms with E-state index in [1.54, 1.807) is 0 Å². The Hall–Kier alpha value is -1.54. The van der Waals surface area contributed by atoms with E-state index < -0.39 is 0 Å². The fourth-order valence-electron chi connectivity index (χ4n) is 1.51. The Morgan fingerprint density at radius 2 is 1.00 bits per heavy atom.